The van der Waals surface area contributed by atoms with Crippen LogP contribution in [-0.4, -0.2) is 32.8 Å². The third kappa shape index (κ3) is 4.34. The lowest BCUT2D eigenvalue weighted by Gasteiger charge is -2.03. The Kier molecular flexibility index (Phi) is 5.85. The summed E-state index contributed by atoms with van der Waals surface area (Å²) in [6.45, 7) is 1.67. The minimum atomic E-state index is 0. The van der Waals surface area contributed by atoms with Crippen LogP contribution in [0, 0.1) is 0 Å². The van der Waals surface area contributed by atoms with Gasteiger partial charge in [0.15, 0.2) is 11.1 Å². The number of rotatable bonds is 4. The fraction of sp³-hybridized carbons (Fsp3) is 0.308. The minimum absolute atomic E-state index is 0. The summed E-state index contributed by atoms with van der Waals surface area (Å²) in [5, 5.41) is 4.07. The lowest BCUT2D eigenvalue weighted by molar-refractivity contribution is 0.719. The Morgan fingerprint density at radius 3 is 3.14 bits per heavy atom. The summed E-state index contributed by atoms with van der Waals surface area (Å²) in [7, 11) is 0. The molecule has 0 bridgehead atoms. The highest BCUT2D eigenvalue weighted by molar-refractivity contribution is 14.0. The first kappa shape index (κ1) is 16.1. The van der Waals surface area contributed by atoms with Crippen LogP contribution in [0.2, 0.25) is 0 Å². The summed E-state index contributed by atoms with van der Waals surface area (Å²) in [5.74, 6) is 2.21. The highest BCUT2D eigenvalue weighted by Gasteiger charge is 2.13. The molecule has 2 aromatic rings. The predicted molar refractivity (Wildman–Crippen MR) is 96.4 cm³/mol. The van der Waals surface area contributed by atoms with Gasteiger partial charge < -0.3 is 15.6 Å². The maximum atomic E-state index is 5.81. The molecule has 1 aliphatic rings. The van der Waals surface area contributed by atoms with Crippen molar-refractivity contribution in [3.63, 3.8) is 0 Å². The van der Waals surface area contributed by atoms with Gasteiger partial charge in [-0.25, -0.2) is 9.97 Å². The van der Waals surface area contributed by atoms with Crippen LogP contribution >= 0.6 is 35.7 Å². The van der Waals surface area contributed by atoms with Crippen molar-refractivity contribution in [2.75, 3.05) is 17.6 Å². The number of hydrogen-bond donors (Lipinski definition) is 2. The van der Waals surface area contributed by atoms with E-state index in [9.17, 15) is 0 Å². The summed E-state index contributed by atoms with van der Waals surface area (Å²) in [5.41, 5.74) is 6.88. The van der Waals surface area contributed by atoms with Crippen molar-refractivity contribution in [3.05, 3.63) is 36.3 Å². The lowest BCUT2D eigenvalue weighted by Crippen LogP contribution is -2.23. The molecule has 3 rings (SSSR count). The van der Waals surface area contributed by atoms with Gasteiger partial charge in [0.25, 0.3) is 0 Å². The van der Waals surface area contributed by atoms with Crippen LogP contribution in [0.3, 0.4) is 0 Å². The van der Waals surface area contributed by atoms with E-state index in [2.05, 4.69) is 31.0 Å². The van der Waals surface area contributed by atoms with E-state index in [1.54, 1.807) is 18.0 Å². The molecule has 0 saturated heterocycles. The van der Waals surface area contributed by atoms with Crippen molar-refractivity contribution >= 4 is 47.5 Å². The number of nitrogens with two attached hydrogens (primary N) is 1. The fourth-order valence-electron chi connectivity index (χ4n) is 1.98. The zero-order chi connectivity index (χ0) is 13.8. The number of aromatic nitrogens is 3. The van der Waals surface area contributed by atoms with Crippen molar-refractivity contribution in [3.8, 4) is 0 Å². The van der Waals surface area contributed by atoms with E-state index in [0.717, 1.165) is 29.6 Å². The third-order valence-corrected chi connectivity index (χ3v) is 3.89. The molecule has 0 atom stereocenters. The Morgan fingerprint density at radius 2 is 2.38 bits per heavy atom. The van der Waals surface area contributed by atoms with E-state index in [-0.39, 0.29) is 24.0 Å². The zero-order valence-corrected chi connectivity index (χ0v) is 14.5. The zero-order valence-electron chi connectivity index (χ0n) is 11.4. The number of guanidine groups is 1. The number of imidazole rings is 1. The molecule has 8 heteroatoms. The molecule has 21 heavy (non-hydrogen) atoms. The number of pyridine rings is 1. The summed E-state index contributed by atoms with van der Waals surface area (Å²) in [6.07, 6.45) is 4.61. The van der Waals surface area contributed by atoms with Crippen molar-refractivity contribution in [2.45, 2.75) is 18.1 Å². The molecule has 3 N–H and O–H groups in total. The normalized spacial score (nSPS) is 13.6. The third-order valence-electron chi connectivity index (χ3n) is 2.92. The number of aryl methyl sites for hydroxylation is 1. The Hall–Kier alpha value is -1.29. The summed E-state index contributed by atoms with van der Waals surface area (Å²) in [6, 6.07) is 5.60. The van der Waals surface area contributed by atoms with E-state index >= 15 is 0 Å². The maximum Gasteiger partial charge on any atom is 0.194 e. The van der Waals surface area contributed by atoms with Gasteiger partial charge in [-0.3, -0.25) is 4.99 Å². The molecule has 0 aliphatic carbocycles. The first-order chi connectivity index (χ1) is 9.81. The predicted octanol–water partition coefficient (Wildman–Crippen LogP) is 1.97. The van der Waals surface area contributed by atoms with E-state index < -0.39 is 0 Å². The Morgan fingerprint density at radius 1 is 1.48 bits per heavy atom. The molecular formula is C13H17IN6S. The first-order valence-corrected chi connectivity index (χ1v) is 7.46. The second-order valence-corrected chi connectivity index (χ2v) is 5.48. The average Bonchev–Trinajstić information content (AvgIpc) is 3.01. The van der Waals surface area contributed by atoms with Crippen LogP contribution in [-0.2, 0) is 13.0 Å². The van der Waals surface area contributed by atoms with Gasteiger partial charge in [0.1, 0.15) is 5.82 Å². The number of anilines is 1. The largest absolute Gasteiger partial charge is 0.370 e. The van der Waals surface area contributed by atoms with Gasteiger partial charge in [-0.05, 0) is 12.1 Å². The Labute approximate surface area is 144 Å². The molecule has 112 valence electrons. The van der Waals surface area contributed by atoms with Crippen LogP contribution in [0.5, 0.6) is 0 Å². The molecule has 3 heterocycles. The number of hydrogen-bond acceptors (Lipinski definition) is 4. The van der Waals surface area contributed by atoms with Crippen molar-refractivity contribution < 1.29 is 0 Å². The molecule has 0 radical (unpaired) electrons. The number of nitrogens with one attached hydrogen (secondary N) is 1. The molecule has 0 saturated carbocycles. The van der Waals surface area contributed by atoms with Gasteiger partial charge in [0, 0.05) is 37.7 Å². The SMILES string of the molecule is I.NC(=NCCc1cn2c(n1)SCC2)Nc1ccccn1. The number of fused-ring (bicyclic) bond motifs is 1. The first-order valence-electron chi connectivity index (χ1n) is 6.48. The Bertz CT molecular complexity index is 591. The van der Waals surface area contributed by atoms with Crippen LogP contribution in [0.25, 0.3) is 0 Å². The van der Waals surface area contributed by atoms with Crippen LogP contribution in [0.1, 0.15) is 5.69 Å². The number of halogens is 1. The molecule has 1 aliphatic heterocycles. The highest BCUT2D eigenvalue weighted by Crippen LogP contribution is 2.24. The van der Waals surface area contributed by atoms with Gasteiger partial charge in [0.05, 0.1) is 5.69 Å². The number of aliphatic imine (C=N–C) groups is 1. The Balaban J connectivity index is 0.00000161. The van der Waals surface area contributed by atoms with E-state index in [1.165, 1.54) is 0 Å². The standard InChI is InChI=1S/C13H16N6S.HI/c14-12(18-11-3-1-2-5-15-11)16-6-4-10-9-19-7-8-20-13(19)17-10;/h1-3,5,9H,4,6-8H2,(H3,14,15,16,18);1H. The van der Waals surface area contributed by atoms with Crippen LogP contribution in [0.15, 0.2) is 40.7 Å². The van der Waals surface area contributed by atoms with Crippen molar-refractivity contribution in [2.24, 2.45) is 10.7 Å². The molecule has 0 spiro atoms. The smallest absolute Gasteiger partial charge is 0.194 e. The molecule has 2 aromatic heterocycles. The molecule has 0 fully saturated rings. The average molecular weight is 416 g/mol. The van der Waals surface area contributed by atoms with Gasteiger partial charge in [-0.1, -0.05) is 17.8 Å². The number of nitrogens with zero attached hydrogens (tertiary/aromatic N) is 4. The van der Waals surface area contributed by atoms with Crippen molar-refractivity contribution in [1.29, 1.82) is 0 Å². The van der Waals surface area contributed by atoms with Gasteiger partial charge in [0.2, 0.25) is 0 Å². The van der Waals surface area contributed by atoms with E-state index in [1.807, 2.05) is 18.2 Å². The van der Waals surface area contributed by atoms with Crippen LogP contribution < -0.4 is 11.1 Å². The van der Waals surface area contributed by atoms with Gasteiger partial charge in [-0.15, -0.1) is 24.0 Å². The highest BCUT2D eigenvalue weighted by atomic mass is 127. The lowest BCUT2D eigenvalue weighted by atomic mass is 10.3. The topological polar surface area (TPSA) is 81.1 Å². The van der Waals surface area contributed by atoms with E-state index in [4.69, 9.17) is 5.73 Å². The molecule has 6 nitrogen and oxygen atoms in total. The second kappa shape index (κ2) is 7.64. The summed E-state index contributed by atoms with van der Waals surface area (Å²) < 4.78 is 2.19. The maximum absolute atomic E-state index is 5.81. The van der Waals surface area contributed by atoms with Crippen LogP contribution in [0.4, 0.5) is 5.82 Å². The van der Waals surface area contributed by atoms with Gasteiger partial charge in [-0.2, -0.15) is 0 Å². The number of thioether (sulfide) groups is 1. The second-order valence-electron chi connectivity index (χ2n) is 4.41. The molecule has 0 unspecified atom stereocenters. The van der Waals surface area contributed by atoms with Crippen molar-refractivity contribution in [1.82, 2.24) is 14.5 Å². The molecule has 0 amide bonds. The summed E-state index contributed by atoms with van der Waals surface area (Å²) >= 11 is 1.80. The monoisotopic (exact) mass is 416 g/mol. The quantitative estimate of drug-likeness (QED) is 0.453. The molecule has 0 aromatic carbocycles. The van der Waals surface area contributed by atoms with Gasteiger partial charge >= 0.3 is 0 Å². The van der Waals surface area contributed by atoms with E-state index in [0.29, 0.717) is 18.3 Å². The fourth-order valence-corrected chi connectivity index (χ4v) is 2.94. The molecular weight excluding hydrogens is 399 g/mol. The minimum Gasteiger partial charge on any atom is -0.370 e. The summed E-state index contributed by atoms with van der Waals surface area (Å²) in [4.78, 5) is 13.0.